The smallest absolute Gasteiger partial charge is 0.319 e. The number of fused-ring (bicyclic) bond motifs is 2. The first-order valence-corrected chi connectivity index (χ1v) is 7.21. The monoisotopic (exact) mass is 283 g/mol. The van der Waals surface area contributed by atoms with Gasteiger partial charge in [0, 0.05) is 23.8 Å². The molecule has 1 saturated carbocycles. The number of rotatable bonds is 2. The van der Waals surface area contributed by atoms with Crippen molar-refractivity contribution in [3.8, 4) is 5.88 Å². The highest BCUT2D eigenvalue weighted by molar-refractivity contribution is 5.92. The van der Waals surface area contributed by atoms with Gasteiger partial charge in [-0.15, -0.1) is 0 Å². The maximum Gasteiger partial charge on any atom is 0.319 e. The maximum atomic E-state index is 12.3. The van der Waals surface area contributed by atoms with Gasteiger partial charge in [0.05, 0.1) is 12.8 Å². The molecule has 108 valence electrons. The number of hydrogen-bond donors (Lipinski definition) is 1. The second-order valence-corrected chi connectivity index (χ2v) is 6.08. The fourth-order valence-electron chi connectivity index (χ4n) is 4.92. The third-order valence-corrected chi connectivity index (χ3v) is 5.46. The molecule has 0 radical (unpaired) electrons. The van der Waals surface area contributed by atoms with Gasteiger partial charge in [-0.3, -0.25) is 4.79 Å². The molecule has 1 fully saturated rings. The van der Waals surface area contributed by atoms with E-state index in [1.807, 2.05) is 26.0 Å². The number of ether oxygens (including phenoxy) is 1. The molecule has 3 aliphatic carbocycles. The van der Waals surface area contributed by atoms with Gasteiger partial charge in [0.2, 0.25) is 5.88 Å². The third kappa shape index (κ3) is 1.14. The van der Waals surface area contributed by atoms with Crippen molar-refractivity contribution in [1.82, 2.24) is 4.98 Å². The molecule has 4 atom stereocenters. The number of carboxylic acids is 1. The molecular formula is C17H17NO3. The highest BCUT2D eigenvalue weighted by Gasteiger charge is 2.70. The van der Waals surface area contributed by atoms with E-state index in [0.29, 0.717) is 5.88 Å². The number of nitrogens with zero attached hydrogens (tertiary/aromatic N) is 1. The number of carbonyl (C=O) groups is 1. The molecule has 0 saturated heterocycles. The average molecular weight is 283 g/mol. The van der Waals surface area contributed by atoms with Crippen LogP contribution in [0.25, 0.3) is 0 Å². The van der Waals surface area contributed by atoms with Crippen molar-refractivity contribution in [3.63, 3.8) is 0 Å². The van der Waals surface area contributed by atoms with Crippen LogP contribution in [0.4, 0.5) is 0 Å². The Morgan fingerprint density at radius 2 is 2.24 bits per heavy atom. The first-order valence-electron chi connectivity index (χ1n) is 7.21. The Labute approximate surface area is 123 Å². The lowest BCUT2D eigenvalue weighted by Crippen LogP contribution is -2.41. The van der Waals surface area contributed by atoms with Crippen molar-refractivity contribution < 1.29 is 14.6 Å². The number of pyridine rings is 1. The Morgan fingerprint density at radius 1 is 1.48 bits per heavy atom. The number of aliphatic carboxylic acids is 1. The number of carboxylic acid groups (broad SMARTS) is 1. The van der Waals surface area contributed by atoms with Crippen LogP contribution in [0, 0.1) is 11.8 Å². The summed E-state index contributed by atoms with van der Waals surface area (Å²) in [5.41, 5.74) is 3.04. The fourth-order valence-corrected chi connectivity index (χ4v) is 4.92. The summed E-state index contributed by atoms with van der Waals surface area (Å²) >= 11 is 0. The van der Waals surface area contributed by atoms with Crippen molar-refractivity contribution in [2.24, 2.45) is 11.8 Å². The van der Waals surface area contributed by atoms with Crippen LogP contribution in [-0.4, -0.2) is 23.2 Å². The van der Waals surface area contributed by atoms with Gasteiger partial charge in [-0.05, 0) is 25.0 Å². The normalized spacial score (nSPS) is 36.8. The molecule has 0 aliphatic heterocycles. The zero-order chi connectivity index (χ0) is 14.9. The maximum absolute atomic E-state index is 12.3. The number of hydrogen-bond acceptors (Lipinski definition) is 3. The third-order valence-electron chi connectivity index (χ3n) is 5.46. The van der Waals surface area contributed by atoms with E-state index < -0.39 is 11.4 Å². The molecule has 0 amide bonds. The molecule has 4 bridgehead atoms. The van der Waals surface area contributed by atoms with Gasteiger partial charge in [0.15, 0.2) is 0 Å². The van der Waals surface area contributed by atoms with E-state index in [0.717, 1.165) is 16.8 Å². The Hall–Kier alpha value is -2.10. The van der Waals surface area contributed by atoms with Gasteiger partial charge in [-0.1, -0.05) is 23.8 Å². The molecule has 0 spiro atoms. The summed E-state index contributed by atoms with van der Waals surface area (Å²) in [5, 5.41) is 10.1. The molecule has 4 nitrogen and oxygen atoms in total. The van der Waals surface area contributed by atoms with Crippen LogP contribution < -0.4 is 4.74 Å². The van der Waals surface area contributed by atoms with E-state index in [2.05, 4.69) is 11.1 Å². The second-order valence-electron chi connectivity index (χ2n) is 6.08. The number of methoxy groups -OCH3 is 1. The number of aromatic nitrogens is 1. The second kappa shape index (κ2) is 3.75. The predicted octanol–water partition coefficient (Wildman–Crippen LogP) is 2.66. The number of allylic oxidation sites excluding steroid dienone is 3. The molecular weight excluding hydrogens is 266 g/mol. The van der Waals surface area contributed by atoms with Crippen LogP contribution in [0.1, 0.15) is 31.0 Å². The van der Waals surface area contributed by atoms with E-state index in [1.165, 1.54) is 5.57 Å². The zero-order valence-corrected chi connectivity index (χ0v) is 12.3. The molecule has 21 heavy (non-hydrogen) atoms. The molecule has 3 aliphatic rings. The molecule has 1 N–H and O–H groups in total. The summed E-state index contributed by atoms with van der Waals surface area (Å²) in [6.07, 6.45) is 4.21. The minimum Gasteiger partial charge on any atom is -0.481 e. The molecule has 1 aromatic rings. The first kappa shape index (κ1) is 12.6. The van der Waals surface area contributed by atoms with Gasteiger partial charge in [-0.2, -0.15) is 0 Å². The van der Waals surface area contributed by atoms with Crippen molar-refractivity contribution in [2.75, 3.05) is 7.11 Å². The van der Waals surface area contributed by atoms with Crippen LogP contribution in [0.15, 0.2) is 35.4 Å². The summed E-state index contributed by atoms with van der Waals surface area (Å²) in [6, 6.07) is 3.66. The van der Waals surface area contributed by atoms with Crippen molar-refractivity contribution in [2.45, 2.75) is 25.2 Å². The highest BCUT2D eigenvalue weighted by Crippen LogP contribution is 2.71. The van der Waals surface area contributed by atoms with E-state index in [4.69, 9.17) is 4.74 Å². The zero-order valence-electron chi connectivity index (χ0n) is 12.3. The van der Waals surface area contributed by atoms with E-state index in [1.54, 1.807) is 13.2 Å². The largest absolute Gasteiger partial charge is 0.481 e. The van der Waals surface area contributed by atoms with Crippen LogP contribution in [0.3, 0.4) is 0 Å². The van der Waals surface area contributed by atoms with E-state index in [-0.39, 0.29) is 17.8 Å². The summed E-state index contributed by atoms with van der Waals surface area (Å²) in [4.78, 5) is 16.9. The summed E-state index contributed by atoms with van der Waals surface area (Å²) in [5.74, 6) is 0.119. The van der Waals surface area contributed by atoms with Crippen molar-refractivity contribution >= 4 is 5.97 Å². The lowest BCUT2D eigenvalue weighted by atomic mass is 9.66. The molecule has 1 aromatic heterocycles. The Bertz CT molecular complexity index is 734. The highest BCUT2D eigenvalue weighted by atomic mass is 16.5. The van der Waals surface area contributed by atoms with Crippen LogP contribution in [0.2, 0.25) is 0 Å². The van der Waals surface area contributed by atoms with Gasteiger partial charge in [0.1, 0.15) is 5.41 Å². The Balaban J connectivity index is 2.06. The van der Waals surface area contributed by atoms with Gasteiger partial charge in [0.25, 0.3) is 0 Å². The Kier molecular flexibility index (Phi) is 2.26. The van der Waals surface area contributed by atoms with Crippen LogP contribution in [0.5, 0.6) is 5.88 Å². The molecule has 4 heteroatoms. The lowest BCUT2D eigenvalue weighted by Gasteiger charge is -2.35. The molecule has 0 aromatic carbocycles. The topological polar surface area (TPSA) is 59.4 Å². The summed E-state index contributed by atoms with van der Waals surface area (Å²) in [6.45, 7) is 3.99. The van der Waals surface area contributed by atoms with Crippen molar-refractivity contribution in [3.05, 3.63) is 46.7 Å². The fraction of sp³-hybridized carbons (Fsp3) is 0.412. The Morgan fingerprint density at radius 3 is 2.86 bits per heavy atom. The van der Waals surface area contributed by atoms with Crippen LogP contribution in [-0.2, 0) is 10.2 Å². The van der Waals surface area contributed by atoms with Crippen LogP contribution >= 0.6 is 0 Å². The molecule has 1 heterocycles. The standard InChI is InChI=1S/C17H17NO3/c1-4-10-9-7-8(2)14-13(9)15-11(17(10,14)16(19)20)5-6-12(18-15)21-3/h4-7,9,13-14H,1-3H3,(H,19,20)/t9-,13?,14?,17-/m1/s1. The van der Waals surface area contributed by atoms with Crippen molar-refractivity contribution in [1.29, 1.82) is 0 Å². The summed E-state index contributed by atoms with van der Waals surface area (Å²) in [7, 11) is 1.59. The van der Waals surface area contributed by atoms with E-state index >= 15 is 0 Å². The minimum atomic E-state index is -0.919. The predicted molar refractivity (Wildman–Crippen MR) is 77.3 cm³/mol. The van der Waals surface area contributed by atoms with Gasteiger partial charge < -0.3 is 9.84 Å². The lowest BCUT2D eigenvalue weighted by molar-refractivity contribution is -0.143. The van der Waals surface area contributed by atoms with Gasteiger partial charge >= 0.3 is 5.97 Å². The summed E-state index contributed by atoms with van der Waals surface area (Å²) < 4.78 is 5.22. The van der Waals surface area contributed by atoms with E-state index in [9.17, 15) is 9.90 Å². The average Bonchev–Trinajstić information content (AvgIpc) is 3.06. The molecule has 4 rings (SSSR count). The SMILES string of the molecule is CC=C1[C@H]2C=C(C)C3C2c2nc(OC)ccc2[C@]13C(=O)O. The quantitative estimate of drug-likeness (QED) is 0.848. The minimum absolute atomic E-state index is 0.000746. The first-order chi connectivity index (χ1) is 10.1. The molecule has 2 unspecified atom stereocenters. The van der Waals surface area contributed by atoms with Gasteiger partial charge in [-0.25, -0.2) is 4.98 Å².